The molecule has 1 fully saturated rings. The lowest BCUT2D eigenvalue weighted by molar-refractivity contribution is 0.167. The molecule has 2 aromatic rings. The minimum Gasteiger partial charge on any atom is -0.497 e. The predicted molar refractivity (Wildman–Crippen MR) is 101 cm³/mol. The molecule has 2 aliphatic heterocycles. The Labute approximate surface area is 148 Å². The van der Waals surface area contributed by atoms with Crippen LogP contribution in [0.3, 0.4) is 0 Å². The Balaban J connectivity index is 1.69. The summed E-state index contributed by atoms with van der Waals surface area (Å²) >= 11 is 0. The molecule has 1 N–H and O–H groups in total. The number of piperazine rings is 1. The molecule has 0 radical (unpaired) electrons. The number of methoxy groups -OCH3 is 1. The van der Waals surface area contributed by atoms with Crippen LogP contribution < -0.4 is 15.1 Å². The van der Waals surface area contributed by atoms with Crippen molar-refractivity contribution in [1.82, 2.24) is 10.2 Å². The van der Waals surface area contributed by atoms with Gasteiger partial charge in [-0.1, -0.05) is 36.4 Å². The van der Waals surface area contributed by atoms with Gasteiger partial charge in [0.05, 0.1) is 18.7 Å². The maximum atomic E-state index is 5.40. The molecule has 2 unspecified atom stereocenters. The van der Waals surface area contributed by atoms with Crippen LogP contribution in [-0.2, 0) is 0 Å². The van der Waals surface area contributed by atoms with Crippen molar-refractivity contribution in [1.29, 1.82) is 0 Å². The van der Waals surface area contributed by atoms with E-state index in [1.807, 2.05) is 12.1 Å². The third-order valence-corrected chi connectivity index (χ3v) is 4.95. The van der Waals surface area contributed by atoms with Crippen LogP contribution in [0.4, 0.5) is 5.69 Å². The Morgan fingerprint density at radius 1 is 1.04 bits per heavy atom. The minimum absolute atomic E-state index is 0.191. The van der Waals surface area contributed by atoms with Crippen molar-refractivity contribution >= 4 is 11.9 Å². The molecule has 4 rings (SSSR count). The molecule has 5 heteroatoms. The Morgan fingerprint density at radius 3 is 2.60 bits per heavy atom. The van der Waals surface area contributed by atoms with Crippen molar-refractivity contribution < 1.29 is 4.74 Å². The fourth-order valence-electron chi connectivity index (χ4n) is 3.68. The third-order valence-electron chi connectivity index (χ3n) is 4.95. The maximum Gasteiger partial charge on any atom is 0.120 e. The van der Waals surface area contributed by atoms with Crippen LogP contribution in [0.2, 0.25) is 0 Å². The Hall–Kier alpha value is -2.37. The van der Waals surface area contributed by atoms with Gasteiger partial charge in [-0.15, -0.1) is 0 Å². The van der Waals surface area contributed by atoms with Crippen LogP contribution in [0.1, 0.15) is 11.5 Å². The molecule has 25 heavy (non-hydrogen) atoms. The van der Waals surface area contributed by atoms with E-state index in [1.54, 1.807) is 7.11 Å². The summed E-state index contributed by atoms with van der Waals surface area (Å²) in [5.74, 6) is 1.11. The van der Waals surface area contributed by atoms with Crippen LogP contribution in [0.5, 0.6) is 5.75 Å². The highest BCUT2D eigenvalue weighted by atomic mass is 16.5. The summed E-state index contributed by atoms with van der Waals surface area (Å²) in [4.78, 5) is 2.53. The van der Waals surface area contributed by atoms with E-state index in [1.165, 1.54) is 5.56 Å². The van der Waals surface area contributed by atoms with Crippen LogP contribution in [0.15, 0.2) is 59.7 Å². The molecule has 2 heterocycles. The van der Waals surface area contributed by atoms with Crippen LogP contribution in [-0.4, -0.2) is 50.6 Å². The molecule has 0 spiro atoms. The number of rotatable bonds is 4. The minimum atomic E-state index is 0.191. The van der Waals surface area contributed by atoms with Crippen LogP contribution in [0, 0.1) is 0 Å². The number of hydrazone groups is 1. The van der Waals surface area contributed by atoms with Crippen molar-refractivity contribution in [2.24, 2.45) is 5.10 Å². The van der Waals surface area contributed by atoms with E-state index in [2.05, 4.69) is 63.9 Å². The van der Waals surface area contributed by atoms with E-state index in [0.717, 1.165) is 37.6 Å². The standard InChI is InChI=1S/C20H24N4O/c1-25-18-9-5-8-17(14-18)24-20(23-12-10-21-11-13-23)19(15-22-24)16-6-3-2-4-7-16/h2-9,14-15,19-21H,10-13H2,1H3. The highest BCUT2D eigenvalue weighted by molar-refractivity contribution is 5.75. The largest absolute Gasteiger partial charge is 0.497 e. The monoisotopic (exact) mass is 336 g/mol. The van der Waals surface area contributed by atoms with Gasteiger partial charge in [-0.2, -0.15) is 5.10 Å². The molecule has 5 nitrogen and oxygen atoms in total. The average Bonchev–Trinajstić information content (AvgIpc) is 3.14. The fraction of sp³-hybridized carbons (Fsp3) is 0.350. The van der Waals surface area contributed by atoms with E-state index >= 15 is 0 Å². The number of nitrogens with one attached hydrogen (secondary N) is 1. The van der Waals surface area contributed by atoms with Crippen molar-refractivity contribution in [2.45, 2.75) is 12.1 Å². The number of benzene rings is 2. The first-order valence-electron chi connectivity index (χ1n) is 8.84. The molecular formula is C20H24N4O. The van der Waals surface area contributed by atoms with E-state index in [-0.39, 0.29) is 12.1 Å². The summed E-state index contributed by atoms with van der Waals surface area (Å²) in [7, 11) is 1.70. The van der Waals surface area contributed by atoms with Gasteiger partial charge in [-0.25, -0.2) is 5.01 Å². The first-order valence-corrected chi connectivity index (χ1v) is 8.84. The fourth-order valence-corrected chi connectivity index (χ4v) is 3.68. The molecule has 130 valence electrons. The first kappa shape index (κ1) is 16.1. The number of anilines is 1. The highest BCUT2D eigenvalue weighted by Gasteiger charge is 2.38. The predicted octanol–water partition coefficient (Wildman–Crippen LogP) is 2.52. The van der Waals surface area contributed by atoms with E-state index in [0.29, 0.717) is 0 Å². The second kappa shape index (κ2) is 7.25. The number of hydrogen-bond donors (Lipinski definition) is 1. The SMILES string of the molecule is COc1cccc(N2N=CC(c3ccccc3)C2N2CCNCC2)c1. The van der Waals surface area contributed by atoms with Gasteiger partial charge in [0.2, 0.25) is 0 Å². The number of hydrogen-bond acceptors (Lipinski definition) is 5. The number of ether oxygens (including phenoxy) is 1. The summed E-state index contributed by atoms with van der Waals surface area (Å²) in [6, 6.07) is 18.8. The van der Waals surface area contributed by atoms with Gasteiger partial charge >= 0.3 is 0 Å². The van der Waals surface area contributed by atoms with Crippen molar-refractivity contribution in [3.05, 3.63) is 60.2 Å². The molecule has 0 saturated carbocycles. The Kier molecular flexibility index (Phi) is 4.68. The van der Waals surface area contributed by atoms with E-state index < -0.39 is 0 Å². The molecule has 0 amide bonds. The molecule has 2 atom stereocenters. The second-order valence-corrected chi connectivity index (χ2v) is 6.45. The first-order chi connectivity index (χ1) is 12.4. The molecule has 1 saturated heterocycles. The Morgan fingerprint density at radius 2 is 1.84 bits per heavy atom. The van der Waals surface area contributed by atoms with Gasteiger partial charge in [0.15, 0.2) is 0 Å². The molecule has 0 aromatic heterocycles. The summed E-state index contributed by atoms with van der Waals surface area (Å²) in [6.07, 6.45) is 2.28. The molecule has 2 aliphatic rings. The third kappa shape index (κ3) is 3.25. The van der Waals surface area contributed by atoms with Gasteiger partial charge in [0, 0.05) is 38.5 Å². The Bertz CT molecular complexity index is 727. The van der Waals surface area contributed by atoms with Gasteiger partial charge in [0.25, 0.3) is 0 Å². The molecule has 2 aromatic carbocycles. The van der Waals surface area contributed by atoms with Gasteiger partial charge in [-0.05, 0) is 17.7 Å². The number of nitrogens with zero attached hydrogens (tertiary/aromatic N) is 3. The maximum absolute atomic E-state index is 5.40. The molecular weight excluding hydrogens is 312 g/mol. The van der Waals surface area contributed by atoms with Crippen molar-refractivity contribution in [3.8, 4) is 5.75 Å². The summed E-state index contributed by atoms with van der Waals surface area (Å²) in [5, 5.41) is 10.4. The van der Waals surface area contributed by atoms with E-state index in [9.17, 15) is 0 Å². The summed E-state index contributed by atoms with van der Waals surface area (Å²) in [5.41, 5.74) is 2.37. The van der Waals surface area contributed by atoms with Gasteiger partial charge in [0.1, 0.15) is 11.9 Å². The van der Waals surface area contributed by atoms with Crippen LogP contribution in [0.25, 0.3) is 0 Å². The lowest BCUT2D eigenvalue weighted by Crippen LogP contribution is -2.54. The topological polar surface area (TPSA) is 40.1 Å². The lowest BCUT2D eigenvalue weighted by atomic mass is 9.96. The zero-order chi connectivity index (χ0) is 17.1. The van der Waals surface area contributed by atoms with E-state index in [4.69, 9.17) is 9.84 Å². The van der Waals surface area contributed by atoms with Crippen molar-refractivity contribution in [2.75, 3.05) is 38.3 Å². The van der Waals surface area contributed by atoms with Gasteiger partial charge < -0.3 is 10.1 Å². The zero-order valence-electron chi connectivity index (χ0n) is 14.5. The average molecular weight is 336 g/mol. The molecule has 0 aliphatic carbocycles. The summed E-state index contributed by atoms with van der Waals surface area (Å²) in [6.45, 7) is 4.09. The summed E-state index contributed by atoms with van der Waals surface area (Å²) < 4.78 is 5.40. The molecule has 0 bridgehead atoms. The zero-order valence-corrected chi connectivity index (χ0v) is 14.5. The lowest BCUT2D eigenvalue weighted by Gasteiger charge is -2.39. The van der Waals surface area contributed by atoms with Crippen LogP contribution >= 0.6 is 0 Å². The smallest absolute Gasteiger partial charge is 0.120 e. The quantitative estimate of drug-likeness (QED) is 0.931. The normalized spacial score (nSPS) is 23.8. The highest BCUT2D eigenvalue weighted by Crippen LogP contribution is 2.35. The second-order valence-electron chi connectivity index (χ2n) is 6.45. The van der Waals surface area contributed by atoms with Gasteiger partial charge in [-0.3, -0.25) is 4.90 Å². The van der Waals surface area contributed by atoms with Crippen molar-refractivity contribution in [3.63, 3.8) is 0 Å².